The van der Waals surface area contributed by atoms with E-state index in [4.69, 9.17) is 23.7 Å². The summed E-state index contributed by atoms with van der Waals surface area (Å²) in [5, 5.41) is 18.8. The number of ether oxygens (including phenoxy) is 5. The normalized spacial score (nSPS) is 11.9. The van der Waals surface area contributed by atoms with Crippen LogP contribution in [0, 0.1) is 5.92 Å². The summed E-state index contributed by atoms with van der Waals surface area (Å²) in [6, 6.07) is 22.6. The van der Waals surface area contributed by atoms with Crippen LogP contribution in [0.1, 0.15) is 30.5 Å². The zero-order valence-corrected chi connectivity index (χ0v) is 29.6. The summed E-state index contributed by atoms with van der Waals surface area (Å²) in [6.07, 6.45) is 0.00206. The van der Waals surface area contributed by atoms with Gasteiger partial charge in [0.2, 0.25) is 23.5 Å². The summed E-state index contributed by atoms with van der Waals surface area (Å²) in [6.45, 7) is 3.62. The molecule has 12 nitrogen and oxygen atoms in total. The van der Waals surface area contributed by atoms with Crippen molar-refractivity contribution in [1.82, 2.24) is 16.0 Å². The van der Waals surface area contributed by atoms with Crippen LogP contribution in [-0.2, 0) is 33.8 Å². The third-order valence-corrected chi connectivity index (χ3v) is 8.05. The maximum absolute atomic E-state index is 14.0. The molecule has 0 radical (unpaired) electrons. The quantitative estimate of drug-likeness (QED) is 0.120. The summed E-state index contributed by atoms with van der Waals surface area (Å²) in [5.74, 6) is 1.05. The average molecular weight is 700 g/mol. The van der Waals surface area contributed by atoms with Gasteiger partial charge in [-0.2, -0.15) is 0 Å². The molecule has 0 unspecified atom stereocenters. The van der Waals surface area contributed by atoms with Gasteiger partial charge >= 0.3 is 0 Å². The van der Waals surface area contributed by atoms with Crippen molar-refractivity contribution in [2.24, 2.45) is 5.92 Å². The number of phenolic OH excluding ortho intramolecular Hbond substituents is 1. The first-order chi connectivity index (χ1) is 24.5. The number of nitrogens with one attached hydrogen (secondary N) is 3. The standard InChI is InChI=1S/C39H45N3O9/c1-24(2)36(39(46)40-23-27-15-16-29(47-3)22-32(27)43)42-38(45)31(18-26-19-33(48-4)37(50-6)34(20-26)49-5)41-35(44)21-25-11-10-14-30(17-25)51-28-12-8-7-9-13-28/h7-17,19-20,22,24,31,36,43H,18,21,23H2,1-6H3,(H,40,46)(H,41,44)(H,42,45)/t31-,36-/m0/s1. The van der Waals surface area contributed by atoms with Crippen molar-refractivity contribution in [3.05, 3.63) is 102 Å². The van der Waals surface area contributed by atoms with E-state index in [2.05, 4.69) is 16.0 Å². The molecule has 2 atom stereocenters. The Hall–Kier alpha value is -5.91. The van der Waals surface area contributed by atoms with Gasteiger partial charge in [-0.1, -0.05) is 44.2 Å². The van der Waals surface area contributed by atoms with Gasteiger partial charge in [-0.25, -0.2) is 0 Å². The smallest absolute Gasteiger partial charge is 0.243 e. The van der Waals surface area contributed by atoms with Gasteiger partial charge in [0.05, 0.1) is 34.9 Å². The Morgan fingerprint density at radius 1 is 0.686 bits per heavy atom. The topological polar surface area (TPSA) is 154 Å². The minimum Gasteiger partial charge on any atom is -0.507 e. The molecule has 0 heterocycles. The lowest BCUT2D eigenvalue weighted by atomic mass is 10.00. The van der Waals surface area contributed by atoms with Crippen molar-refractivity contribution in [2.45, 2.75) is 45.3 Å². The summed E-state index contributed by atoms with van der Waals surface area (Å²) in [5.41, 5.74) is 1.77. The number of phenols is 1. The van der Waals surface area contributed by atoms with Gasteiger partial charge in [0.25, 0.3) is 0 Å². The van der Waals surface area contributed by atoms with E-state index < -0.39 is 29.8 Å². The van der Waals surface area contributed by atoms with Gasteiger partial charge in [0, 0.05) is 24.6 Å². The number of para-hydroxylation sites is 1. The number of carbonyl (C=O) groups is 3. The average Bonchev–Trinajstić information content (AvgIpc) is 3.12. The number of carbonyl (C=O) groups excluding carboxylic acids is 3. The van der Waals surface area contributed by atoms with E-state index in [1.54, 1.807) is 62.4 Å². The molecular weight excluding hydrogens is 654 g/mol. The molecule has 270 valence electrons. The lowest BCUT2D eigenvalue weighted by Crippen LogP contribution is -2.56. The zero-order chi connectivity index (χ0) is 36.9. The van der Waals surface area contributed by atoms with Crippen molar-refractivity contribution < 1.29 is 43.2 Å². The summed E-state index contributed by atoms with van der Waals surface area (Å²) in [7, 11) is 5.95. The predicted molar refractivity (Wildman–Crippen MR) is 192 cm³/mol. The van der Waals surface area contributed by atoms with E-state index in [9.17, 15) is 19.5 Å². The number of amides is 3. The molecule has 0 aliphatic heterocycles. The van der Waals surface area contributed by atoms with Crippen molar-refractivity contribution in [1.29, 1.82) is 0 Å². The molecule has 51 heavy (non-hydrogen) atoms. The van der Waals surface area contributed by atoms with Crippen LogP contribution in [0.25, 0.3) is 0 Å². The van der Waals surface area contributed by atoms with Gasteiger partial charge in [0.15, 0.2) is 11.5 Å². The maximum atomic E-state index is 14.0. The molecule has 0 aromatic heterocycles. The number of hydrogen-bond acceptors (Lipinski definition) is 9. The Bertz CT molecular complexity index is 1770. The van der Waals surface area contributed by atoms with Crippen LogP contribution < -0.4 is 39.6 Å². The second-order valence-corrected chi connectivity index (χ2v) is 12.0. The van der Waals surface area contributed by atoms with Gasteiger partial charge in [0.1, 0.15) is 35.1 Å². The monoisotopic (exact) mass is 699 g/mol. The largest absolute Gasteiger partial charge is 0.507 e. The van der Waals surface area contributed by atoms with Crippen LogP contribution in [0.15, 0.2) is 84.9 Å². The Morgan fingerprint density at radius 2 is 1.37 bits per heavy atom. The van der Waals surface area contributed by atoms with Crippen molar-refractivity contribution in [3.8, 4) is 40.2 Å². The predicted octanol–water partition coefficient (Wildman–Crippen LogP) is 4.95. The molecule has 0 bridgehead atoms. The molecule has 0 saturated carbocycles. The minimum atomic E-state index is -1.09. The zero-order valence-electron chi connectivity index (χ0n) is 29.6. The minimum absolute atomic E-state index is 0.0202. The summed E-state index contributed by atoms with van der Waals surface area (Å²) in [4.78, 5) is 40.9. The van der Waals surface area contributed by atoms with Crippen LogP contribution in [0.3, 0.4) is 0 Å². The lowest BCUT2D eigenvalue weighted by Gasteiger charge is -2.26. The number of hydrogen-bond donors (Lipinski definition) is 4. The van der Waals surface area contributed by atoms with Crippen LogP contribution in [0.4, 0.5) is 0 Å². The second kappa shape index (κ2) is 18.2. The maximum Gasteiger partial charge on any atom is 0.243 e. The number of rotatable bonds is 17. The van der Waals surface area contributed by atoms with E-state index in [-0.39, 0.29) is 31.1 Å². The van der Waals surface area contributed by atoms with E-state index in [0.717, 1.165) is 0 Å². The molecule has 4 aromatic carbocycles. The summed E-state index contributed by atoms with van der Waals surface area (Å²) < 4.78 is 27.5. The van der Waals surface area contributed by atoms with Crippen LogP contribution in [0.5, 0.6) is 40.2 Å². The van der Waals surface area contributed by atoms with Crippen molar-refractivity contribution in [3.63, 3.8) is 0 Å². The van der Waals surface area contributed by atoms with Gasteiger partial charge in [-0.05, 0) is 65.6 Å². The molecule has 0 spiro atoms. The third kappa shape index (κ3) is 10.5. The van der Waals surface area contributed by atoms with E-state index >= 15 is 0 Å². The van der Waals surface area contributed by atoms with Gasteiger partial charge in [-0.15, -0.1) is 0 Å². The first-order valence-corrected chi connectivity index (χ1v) is 16.4. The lowest BCUT2D eigenvalue weighted by molar-refractivity contribution is -0.132. The molecule has 0 saturated heterocycles. The second-order valence-electron chi connectivity index (χ2n) is 12.0. The van der Waals surface area contributed by atoms with Crippen molar-refractivity contribution in [2.75, 3.05) is 28.4 Å². The first-order valence-electron chi connectivity index (χ1n) is 16.4. The molecule has 0 aliphatic rings. The highest BCUT2D eigenvalue weighted by Gasteiger charge is 2.30. The highest BCUT2D eigenvalue weighted by Crippen LogP contribution is 2.38. The number of methoxy groups -OCH3 is 4. The Balaban J connectivity index is 1.54. The Kier molecular flexibility index (Phi) is 13.5. The first kappa shape index (κ1) is 37.9. The molecule has 3 amide bonds. The van der Waals surface area contributed by atoms with Crippen LogP contribution >= 0.6 is 0 Å². The van der Waals surface area contributed by atoms with Crippen LogP contribution in [-0.4, -0.2) is 63.4 Å². The summed E-state index contributed by atoms with van der Waals surface area (Å²) >= 11 is 0. The highest BCUT2D eigenvalue weighted by atomic mass is 16.5. The third-order valence-electron chi connectivity index (χ3n) is 8.05. The Labute approximate surface area is 298 Å². The molecular formula is C39H45N3O9. The fraction of sp³-hybridized carbons (Fsp3) is 0.308. The highest BCUT2D eigenvalue weighted by molar-refractivity contribution is 5.92. The molecule has 0 aliphatic carbocycles. The fourth-order valence-corrected chi connectivity index (χ4v) is 5.37. The molecule has 4 rings (SSSR count). The SMILES string of the molecule is COc1ccc(CNC(=O)[C@@H](NC(=O)[C@H](Cc2cc(OC)c(OC)c(OC)c2)NC(=O)Cc2cccc(Oc3ccccc3)c2)C(C)C)c(O)c1. The van der Waals surface area contributed by atoms with E-state index in [0.29, 0.717) is 51.2 Å². The molecule has 0 fully saturated rings. The van der Waals surface area contributed by atoms with E-state index in [1.165, 1.54) is 34.5 Å². The van der Waals surface area contributed by atoms with Gasteiger partial charge in [-0.3, -0.25) is 14.4 Å². The fourth-order valence-electron chi connectivity index (χ4n) is 5.37. The van der Waals surface area contributed by atoms with Crippen LogP contribution in [0.2, 0.25) is 0 Å². The molecule has 4 N–H and O–H groups in total. The van der Waals surface area contributed by atoms with E-state index in [1.807, 2.05) is 30.3 Å². The molecule has 4 aromatic rings. The Morgan fingerprint density at radius 3 is 1.98 bits per heavy atom. The number of benzene rings is 4. The van der Waals surface area contributed by atoms with Gasteiger partial charge < -0.3 is 44.7 Å². The van der Waals surface area contributed by atoms with Crippen molar-refractivity contribution >= 4 is 17.7 Å². The molecule has 12 heteroatoms. The number of aromatic hydroxyl groups is 1.